The Labute approximate surface area is 244 Å². The van der Waals surface area contributed by atoms with Gasteiger partial charge in [-0.2, -0.15) is 0 Å². The largest absolute Gasteiger partial charge is 0.497 e. The summed E-state index contributed by atoms with van der Waals surface area (Å²) in [4.78, 5) is 27.6. The number of furan rings is 1. The van der Waals surface area contributed by atoms with Gasteiger partial charge in [-0.3, -0.25) is 14.5 Å². The Bertz CT molecular complexity index is 1340. The molecule has 212 valence electrons. The van der Waals surface area contributed by atoms with Crippen molar-refractivity contribution in [3.05, 3.63) is 40.5 Å². The van der Waals surface area contributed by atoms with Crippen LogP contribution in [0.1, 0.15) is 56.8 Å². The number of methoxy groups -OCH3 is 2. The molecule has 2 aromatic rings. The summed E-state index contributed by atoms with van der Waals surface area (Å²) in [5, 5.41) is 0. The number of aryl methyl sites for hydroxylation is 1. The molecule has 5 aliphatic rings. The summed E-state index contributed by atoms with van der Waals surface area (Å²) in [5.41, 5.74) is 1.71. The van der Waals surface area contributed by atoms with E-state index < -0.39 is 0 Å². The highest BCUT2D eigenvalue weighted by Gasteiger charge is 2.53. The topological polar surface area (TPSA) is 78.2 Å². The van der Waals surface area contributed by atoms with E-state index in [-0.39, 0.29) is 17.9 Å². The highest BCUT2D eigenvalue weighted by Crippen LogP contribution is 2.56. The Morgan fingerprint density at radius 3 is 2.48 bits per heavy atom. The zero-order chi connectivity index (χ0) is 28.0. The van der Waals surface area contributed by atoms with Gasteiger partial charge in [-0.1, -0.05) is 24.0 Å². The van der Waals surface area contributed by atoms with Gasteiger partial charge in [0.1, 0.15) is 27.3 Å². The van der Waals surface area contributed by atoms with Gasteiger partial charge in [-0.15, -0.1) is 0 Å². The molecule has 7 nitrogen and oxygen atoms in total. The van der Waals surface area contributed by atoms with Crippen molar-refractivity contribution in [1.29, 1.82) is 0 Å². The van der Waals surface area contributed by atoms with E-state index in [4.69, 9.17) is 30.8 Å². The Kier molecular flexibility index (Phi) is 7.70. The molecular formula is C31H35NO6S2. The number of benzene rings is 1. The third-order valence-corrected chi connectivity index (χ3v) is 10.3. The van der Waals surface area contributed by atoms with Gasteiger partial charge in [-0.25, -0.2) is 0 Å². The van der Waals surface area contributed by atoms with Crippen LogP contribution in [-0.4, -0.2) is 48.0 Å². The molecule has 40 heavy (non-hydrogen) atoms. The van der Waals surface area contributed by atoms with Crippen LogP contribution in [0.4, 0.5) is 0 Å². The van der Waals surface area contributed by atoms with E-state index in [1.54, 1.807) is 14.2 Å². The highest BCUT2D eigenvalue weighted by atomic mass is 32.2. The molecule has 2 heterocycles. The maximum Gasteiger partial charge on any atom is 0.302 e. The summed E-state index contributed by atoms with van der Waals surface area (Å²) in [6.45, 7) is 1.72. The molecule has 1 aliphatic heterocycles. The molecule has 9 heteroatoms. The second-order valence-electron chi connectivity index (χ2n) is 11.5. The van der Waals surface area contributed by atoms with Gasteiger partial charge in [0.2, 0.25) is 0 Å². The molecule has 4 saturated carbocycles. The molecule has 0 spiro atoms. The number of ether oxygens (including phenoxy) is 3. The van der Waals surface area contributed by atoms with Crippen LogP contribution in [-0.2, 0) is 20.7 Å². The first kappa shape index (κ1) is 27.4. The van der Waals surface area contributed by atoms with Crippen molar-refractivity contribution in [1.82, 2.24) is 4.90 Å². The molecule has 7 rings (SSSR count). The molecule has 1 aromatic carbocycles. The predicted octanol–water partition coefficient (Wildman–Crippen LogP) is 6.49. The number of rotatable bonds is 9. The third kappa shape index (κ3) is 5.18. The molecule has 0 atom stereocenters. The Morgan fingerprint density at radius 2 is 1.82 bits per heavy atom. The molecule has 1 amide bonds. The second kappa shape index (κ2) is 11.2. The molecule has 4 aliphatic carbocycles. The van der Waals surface area contributed by atoms with Gasteiger partial charge in [0, 0.05) is 25.1 Å². The summed E-state index contributed by atoms with van der Waals surface area (Å²) in [6.07, 6.45) is 9.38. The van der Waals surface area contributed by atoms with E-state index in [9.17, 15) is 9.59 Å². The summed E-state index contributed by atoms with van der Waals surface area (Å²) < 4.78 is 23.2. The summed E-state index contributed by atoms with van der Waals surface area (Å²) in [6, 6.07) is 7.77. The lowest BCUT2D eigenvalue weighted by Crippen LogP contribution is -2.57. The number of hydrogen-bond acceptors (Lipinski definition) is 8. The summed E-state index contributed by atoms with van der Waals surface area (Å²) in [7, 11) is 3.22. The maximum atomic E-state index is 13.9. The molecule has 0 radical (unpaired) electrons. The zero-order valence-corrected chi connectivity index (χ0v) is 24.8. The second-order valence-corrected chi connectivity index (χ2v) is 13.2. The average Bonchev–Trinajstić information content (AvgIpc) is 3.45. The first-order valence-electron chi connectivity index (χ1n) is 14.1. The number of hydrogen-bond donors (Lipinski definition) is 0. The van der Waals surface area contributed by atoms with E-state index in [0.29, 0.717) is 63.5 Å². The molecule has 0 unspecified atom stereocenters. The molecular weight excluding hydrogens is 546 g/mol. The van der Waals surface area contributed by atoms with E-state index in [1.807, 2.05) is 35.2 Å². The van der Waals surface area contributed by atoms with Crippen LogP contribution in [0.3, 0.4) is 0 Å². The minimum Gasteiger partial charge on any atom is -0.497 e. The Morgan fingerprint density at radius 1 is 1.10 bits per heavy atom. The van der Waals surface area contributed by atoms with Crippen LogP contribution in [0, 0.1) is 23.7 Å². The summed E-state index contributed by atoms with van der Waals surface area (Å²) in [5.74, 6) is 5.04. The molecule has 0 N–H and O–H groups in total. The lowest BCUT2D eigenvalue weighted by atomic mass is 9.54. The lowest BCUT2D eigenvalue weighted by Gasteiger charge is -2.56. The van der Waals surface area contributed by atoms with E-state index >= 15 is 0 Å². The monoisotopic (exact) mass is 581 g/mol. The molecule has 5 fully saturated rings. The number of thiocarbonyl (C=S) groups is 1. The average molecular weight is 582 g/mol. The zero-order valence-electron chi connectivity index (χ0n) is 23.1. The van der Waals surface area contributed by atoms with Gasteiger partial charge in [0.25, 0.3) is 5.91 Å². The van der Waals surface area contributed by atoms with Crippen molar-refractivity contribution in [2.45, 2.75) is 57.9 Å². The minimum absolute atomic E-state index is 0.00156. The van der Waals surface area contributed by atoms with Gasteiger partial charge < -0.3 is 18.6 Å². The fraction of sp³-hybridized carbons (Fsp3) is 0.516. The fourth-order valence-electron chi connectivity index (χ4n) is 7.55. The van der Waals surface area contributed by atoms with Crippen molar-refractivity contribution in [3.8, 4) is 22.8 Å². The Balaban J connectivity index is 1.29. The van der Waals surface area contributed by atoms with Crippen molar-refractivity contribution >= 4 is 46.3 Å². The van der Waals surface area contributed by atoms with E-state index in [1.165, 1.54) is 50.8 Å². The standard InChI is InChI=1S/C31H35NO6S2/c1-17(33)37-8-4-5-20-14-27(24-7-6-23(35-2)15-26(24)36-3)38-25(20)16-28-30(34)32(31(39)40-28)29-21-10-18-9-19(12-21)13-22(29)11-18/h6-7,14-16,18-19,21-22,29H,4-5,8-13H2,1-3H3/b28-16-. The first-order chi connectivity index (χ1) is 19.3. The smallest absolute Gasteiger partial charge is 0.302 e. The number of thioether (sulfide) groups is 1. The van der Waals surface area contributed by atoms with Crippen molar-refractivity contribution in [2.24, 2.45) is 23.7 Å². The van der Waals surface area contributed by atoms with Crippen LogP contribution < -0.4 is 9.47 Å². The minimum atomic E-state index is -0.301. The van der Waals surface area contributed by atoms with E-state index in [0.717, 1.165) is 23.0 Å². The van der Waals surface area contributed by atoms with Crippen LogP contribution in [0.25, 0.3) is 17.4 Å². The predicted molar refractivity (Wildman–Crippen MR) is 158 cm³/mol. The highest BCUT2D eigenvalue weighted by molar-refractivity contribution is 8.26. The lowest BCUT2D eigenvalue weighted by molar-refractivity contribution is -0.141. The number of amides is 1. The van der Waals surface area contributed by atoms with Gasteiger partial charge in [0.05, 0.1) is 31.3 Å². The quantitative estimate of drug-likeness (QED) is 0.144. The maximum absolute atomic E-state index is 13.9. The molecule has 1 aromatic heterocycles. The molecule has 4 bridgehead atoms. The van der Waals surface area contributed by atoms with Crippen molar-refractivity contribution < 1.29 is 28.2 Å². The number of carbonyl (C=O) groups is 2. The molecule has 1 saturated heterocycles. The van der Waals surface area contributed by atoms with E-state index in [2.05, 4.69) is 0 Å². The Hall–Kier alpha value is -2.78. The number of carbonyl (C=O) groups excluding carboxylic acids is 2. The number of esters is 1. The van der Waals surface area contributed by atoms with Crippen LogP contribution in [0.5, 0.6) is 11.5 Å². The number of nitrogens with zero attached hydrogens (tertiary/aromatic N) is 1. The van der Waals surface area contributed by atoms with Crippen molar-refractivity contribution in [2.75, 3.05) is 20.8 Å². The van der Waals surface area contributed by atoms with Gasteiger partial charge >= 0.3 is 5.97 Å². The van der Waals surface area contributed by atoms with Crippen LogP contribution in [0.15, 0.2) is 33.6 Å². The summed E-state index contributed by atoms with van der Waals surface area (Å²) >= 11 is 7.19. The van der Waals surface area contributed by atoms with Gasteiger partial charge in [0.15, 0.2) is 0 Å². The van der Waals surface area contributed by atoms with Crippen LogP contribution in [0.2, 0.25) is 0 Å². The van der Waals surface area contributed by atoms with Gasteiger partial charge in [-0.05, 0) is 92.4 Å². The first-order valence-corrected chi connectivity index (χ1v) is 15.3. The van der Waals surface area contributed by atoms with Crippen molar-refractivity contribution in [3.63, 3.8) is 0 Å². The van der Waals surface area contributed by atoms with Crippen LogP contribution >= 0.6 is 24.0 Å². The SMILES string of the molecule is COc1ccc(-c2cc(CCCOC(C)=O)c(/C=C3\SC(=S)N(C4C5CC6CC(C5)CC4C6)C3=O)o2)c(OC)c1. The normalized spacial score (nSPS) is 28.0. The fourth-order valence-corrected chi connectivity index (χ4v) is 8.86. The third-order valence-electron chi connectivity index (χ3n) is 8.97.